The molecule has 1 aliphatic rings. The number of halogens is 1. The summed E-state index contributed by atoms with van der Waals surface area (Å²) in [5, 5.41) is 7.50. The lowest BCUT2D eigenvalue weighted by atomic mass is 9.85. The molecule has 6 nitrogen and oxygen atoms in total. The standard InChI is InChI=1S/C23H22FN3O3/c1-12-6-5-7-18(13(12)2)27-23-21(14(3)26-27)16(11-20(28)25-23)22(29)15-8-9-19(30-4)17(24)10-15/h5-10,16H,11H2,1-4H3,(H,25,28)/t16-/m1/s1. The van der Waals surface area contributed by atoms with Crippen LogP contribution in [0.5, 0.6) is 5.75 Å². The Morgan fingerprint density at radius 2 is 2.00 bits per heavy atom. The Bertz CT molecular complexity index is 1180. The average Bonchev–Trinajstić information content (AvgIpc) is 3.05. The molecule has 30 heavy (non-hydrogen) atoms. The van der Waals surface area contributed by atoms with Crippen LogP contribution in [0.1, 0.15) is 45.1 Å². The fourth-order valence-corrected chi connectivity index (χ4v) is 3.93. The molecule has 1 N–H and O–H groups in total. The van der Waals surface area contributed by atoms with Gasteiger partial charge in [-0.05, 0) is 56.2 Å². The molecular formula is C23H22FN3O3. The normalized spacial score (nSPS) is 15.5. The molecule has 1 amide bonds. The van der Waals surface area contributed by atoms with E-state index >= 15 is 0 Å². The van der Waals surface area contributed by atoms with Crippen LogP contribution in [0.15, 0.2) is 36.4 Å². The van der Waals surface area contributed by atoms with Crippen LogP contribution in [0, 0.1) is 26.6 Å². The van der Waals surface area contributed by atoms with Crippen LogP contribution in [0.4, 0.5) is 10.2 Å². The van der Waals surface area contributed by atoms with E-state index in [1.807, 2.05) is 39.0 Å². The van der Waals surface area contributed by atoms with Crippen LogP contribution in [-0.4, -0.2) is 28.6 Å². The van der Waals surface area contributed by atoms with Crippen LogP contribution in [0.25, 0.3) is 5.69 Å². The van der Waals surface area contributed by atoms with Crippen molar-refractivity contribution in [2.75, 3.05) is 12.4 Å². The molecule has 2 aromatic carbocycles. The number of benzene rings is 2. The van der Waals surface area contributed by atoms with E-state index in [1.165, 1.54) is 19.2 Å². The lowest BCUT2D eigenvalue weighted by Gasteiger charge is -2.23. The molecular weight excluding hydrogens is 385 g/mol. The minimum Gasteiger partial charge on any atom is -0.494 e. The van der Waals surface area contributed by atoms with Gasteiger partial charge in [-0.2, -0.15) is 5.10 Å². The first-order valence-corrected chi connectivity index (χ1v) is 9.65. The maximum Gasteiger partial charge on any atom is 0.226 e. The number of nitrogens with zero attached hydrogens (tertiary/aromatic N) is 2. The van der Waals surface area contributed by atoms with Crippen molar-refractivity contribution in [2.45, 2.75) is 33.1 Å². The zero-order valence-corrected chi connectivity index (χ0v) is 17.2. The number of aromatic nitrogens is 2. The summed E-state index contributed by atoms with van der Waals surface area (Å²) in [6.07, 6.45) is -0.0151. The van der Waals surface area contributed by atoms with Gasteiger partial charge in [-0.25, -0.2) is 9.07 Å². The quantitative estimate of drug-likeness (QED) is 0.656. The lowest BCUT2D eigenvalue weighted by Crippen LogP contribution is -2.28. The van der Waals surface area contributed by atoms with Crippen molar-refractivity contribution < 1.29 is 18.7 Å². The van der Waals surface area contributed by atoms with Gasteiger partial charge >= 0.3 is 0 Å². The molecule has 0 saturated heterocycles. The van der Waals surface area contributed by atoms with E-state index in [2.05, 4.69) is 10.4 Å². The summed E-state index contributed by atoms with van der Waals surface area (Å²) in [4.78, 5) is 25.7. The Morgan fingerprint density at radius 3 is 2.70 bits per heavy atom. The first-order valence-electron chi connectivity index (χ1n) is 9.65. The third-order valence-electron chi connectivity index (χ3n) is 5.66. The first-order chi connectivity index (χ1) is 14.3. The highest BCUT2D eigenvalue weighted by Gasteiger charge is 2.36. The van der Waals surface area contributed by atoms with E-state index in [-0.39, 0.29) is 29.4 Å². The van der Waals surface area contributed by atoms with E-state index in [1.54, 1.807) is 4.68 Å². The molecule has 0 bridgehead atoms. The highest BCUT2D eigenvalue weighted by molar-refractivity contribution is 6.08. The van der Waals surface area contributed by atoms with Gasteiger partial charge in [0.1, 0.15) is 5.82 Å². The summed E-state index contributed by atoms with van der Waals surface area (Å²) in [5.41, 5.74) is 4.47. The third-order valence-corrected chi connectivity index (χ3v) is 5.66. The monoisotopic (exact) mass is 407 g/mol. The number of amides is 1. The van der Waals surface area contributed by atoms with Crippen molar-refractivity contribution >= 4 is 17.5 Å². The third kappa shape index (κ3) is 3.16. The van der Waals surface area contributed by atoms with Gasteiger partial charge in [-0.3, -0.25) is 9.59 Å². The van der Waals surface area contributed by atoms with Crippen molar-refractivity contribution in [1.29, 1.82) is 0 Å². The summed E-state index contributed by atoms with van der Waals surface area (Å²) in [5.74, 6) is -1.40. The number of ether oxygens (including phenoxy) is 1. The molecule has 154 valence electrons. The van der Waals surface area contributed by atoms with Gasteiger partial charge < -0.3 is 10.1 Å². The van der Waals surface area contributed by atoms with Gasteiger partial charge in [-0.1, -0.05) is 12.1 Å². The molecule has 0 unspecified atom stereocenters. The van der Waals surface area contributed by atoms with E-state index in [0.717, 1.165) is 22.9 Å². The maximum atomic E-state index is 14.2. The highest BCUT2D eigenvalue weighted by atomic mass is 19.1. The molecule has 0 spiro atoms. The highest BCUT2D eigenvalue weighted by Crippen LogP contribution is 2.39. The Hall–Kier alpha value is -3.48. The summed E-state index contributed by atoms with van der Waals surface area (Å²) < 4.78 is 20.8. The molecule has 1 aliphatic heterocycles. The Labute approximate surface area is 173 Å². The van der Waals surface area contributed by atoms with Crippen molar-refractivity contribution in [3.05, 3.63) is 70.2 Å². The Kier molecular flexibility index (Phi) is 4.89. The number of carbonyl (C=O) groups excluding carboxylic acids is 2. The van der Waals surface area contributed by atoms with E-state index < -0.39 is 11.7 Å². The Balaban J connectivity index is 1.82. The van der Waals surface area contributed by atoms with Gasteiger partial charge in [0.15, 0.2) is 17.3 Å². The summed E-state index contributed by atoms with van der Waals surface area (Å²) in [6.45, 7) is 5.80. The van der Waals surface area contributed by atoms with Crippen LogP contribution in [-0.2, 0) is 4.79 Å². The topological polar surface area (TPSA) is 73.2 Å². The number of methoxy groups -OCH3 is 1. The number of fused-ring (bicyclic) bond motifs is 1. The van der Waals surface area contributed by atoms with Crippen LogP contribution < -0.4 is 10.1 Å². The molecule has 7 heteroatoms. The van der Waals surface area contributed by atoms with E-state index in [0.29, 0.717) is 17.1 Å². The maximum absolute atomic E-state index is 14.2. The molecule has 0 radical (unpaired) electrons. The Morgan fingerprint density at radius 1 is 1.23 bits per heavy atom. The second-order valence-corrected chi connectivity index (χ2v) is 7.50. The minimum atomic E-state index is -0.736. The van der Waals surface area contributed by atoms with Crippen molar-refractivity contribution in [3.8, 4) is 11.4 Å². The number of anilines is 1. The predicted molar refractivity (Wildman–Crippen MR) is 111 cm³/mol. The molecule has 4 rings (SSSR count). The predicted octanol–water partition coefficient (Wildman–Crippen LogP) is 4.25. The zero-order valence-electron chi connectivity index (χ0n) is 17.2. The number of Topliss-reactive ketones (excluding diaryl/α,β-unsaturated/α-hetero) is 1. The smallest absolute Gasteiger partial charge is 0.226 e. The second-order valence-electron chi connectivity index (χ2n) is 7.50. The van der Waals surface area contributed by atoms with Gasteiger partial charge in [0.2, 0.25) is 5.91 Å². The SMILES string of the molecule is COc1ccc(C(=O)[C@@H]2CC(=O)Nc3c2c(C)nn3-c2cccc(C)c2C)cc1F. The zero-order chi connectivity index (χ0) is 21.6. The minimum absolute atomic E-state index is 0.0151. The molecule has 0 saturated carbocycles. The number of hydrogen-bond donors (Lipinski definition) is 1. The first kappa shape index (κ1) is 19.8. The van der Waals surface area contributed by atoms with E-state index in [9.17, 15) is 14.0 Å². The van der Waals surface area contributed by atoms with Crippen molar-refractivity contribution in [2.24, 2.45) is 0 Å². The largest absolute Gasteiger partial charge is 0.494 e. The number of hydrogen-bond acceptors (Lipinski definition) is 4. The van der Waals surface area contributed by atoms with Gasteiger partial charge in [-0.15, -0.1) is 0 Å². The molecule has 2 heterocycles. The number of ketones is 1. The van der Waals surface area contributed by atoms with Crippen molar-refractivity contribution in [3.63, 3.8) is 0 Å². The molecule has 0 fully saturated rings. The summed E-state index contributed by atoms with van der Waals surface area (Å²) in [6, 6.07) is 9.93. The number of nitrogens with one attached hydrogen (secondary N) is 1. The fraction of sp³-hybridized carbons (Fsp3) is 0.261. The molecule has 0 aliphatic carbocycles. The van der Waals surface area contributed by atoms with Gasteiger partial charge in [0, 0.05) is 17.5 Å². The number of carbonyl (C=O) groups is 2. The molecule has 1 aromatic heterocycles. The summed E-state index contributed by atoms with van der Waals surface area (Å²) >= 11 is 0. The van der Waals surface area contributed by atoms with Crippen LogP contribution in [0.2, 0.25) is 0 Å². The molecule has 1 atom stereocenters. The molecule has 3 aromatic rings. The number of aryl methyl sites for hydroxylation is 2. The van der Waals surface area contributed by atoms with E-state index in [4.69, 9.17) is 4.74 Å². The second kappa shape index (κ2) is 7.40. The lowest BCUT2D eigenvalue weighted by molar-refractivity contribution is -0.116. The summed E-state index contributed by atoms with van der Waals surface area (Å²) in [7, 11) is 1.36. The van der Waals surface area contributed by atoms with Gasteiger partial charge in [0.25, 0.3) is 0 Å². The number of rotatable bonds is 4. The fourth-order valence-electron chi connectivity index (χ4n) is 3.93. The van der Waals surface area contributed by atoms with Crippen LogP contribution in [0.3, 0.4) is 0 Å². The van der Waals surface area contributed by atoms with Crippen LogP contribution >= 0.6 is 0 Å². The van der Waals surface area contributed by atoms with Crippen molar-refractivity contribution in [1.82, 2.24) is 9.78 Å². The average molecular weight is 407 g/mol. The van der Waals surface area contributed by atoms with Gasteiger partial charge in [0.05, 0.1) is 24.4 Å².